The fourth-order valence-electron chi connectivity index (χ4n) is 2.40. The second-order valence-corrected chi connectivity index (χ2v) is 6.34. The smallest absolute Gasteiger partial charge is 0.335 e. The van der Waals surface area contributed by atoms with Crippen molar-refractivity contribution < 1.29 is 19.5 Å². The second-order valence-electron chi connectivity index (χ2n) is 5.48. The number of imide groups is 2. The largest absolute Gasteiger partial charge is 0.508 e. The van der Waals surface area contributed by atoms with Crippen LogP contribution >= 0.6 is 15.9 Å². The van der Waals surface area contributed by atoms with E-state index in [9.17, 15) is 19.5 Å². The lowest BCUT2D eigenvalue weighted by atomic mass is 10.1. The summed E-state index contributed by atoms with van der Waals surface area (Å²) in [5.74, 6) is -1.39. The van der Waals surface area contributed by atoms with Gasteiger partial charge in [-0.25, -0.2) is 9.69 Å². The average molecular weight is 401 g/mol. The zero-order chi connectivity index (χ0) is 18.1. The predicted octanol–water partition coefficient (Wildman–Crippen LogP) is 3.13. The van der Waals surface area contributed by atoms with Gasteiger partial charge in [0, 0.05) is 4.47 Å². The Balaban J connectivity index is 2.02. The highest BCUT2D eigenvalue weighted by molar-refractivity contribution is 9.10. The molecule has 0 spiro atoms. The zero-order valence-corrected chi connectivity index (χ0v) is 14.7. The molecule has 1 heterocycles. The van der Waals surface area contributed by atoms with E-state index in [1.165, 1.54) is 18.2 Å². The number of carbonyl (C=O) groups is 3. The molecule has 6 nitrogen and oxygen atoms in total. The predicted molar refractivity (Wildman–Crippen MR) is 96.0 cm³/mol. The molecule has 7 heteroatoms. The number of halogens is 1. The molecule has 126 valence electrons. The lowest BCUT2D eigenvalue weighted by molar-refractivity contribution is -0.122. The molecule has 2 aromatic rings. The number of hydrogen-bond acceptors (Lipinski definition) is 4. The first-order valence-corrected chi connectivity index (χ1v) is 8.13. The Kier molecular flexibility index (Phi) is 4.41. The van der Waals surface area contributed by atoms with Crippen LogP contribution in [0.25, 0.3) is 6.08 Å². The molecule has 25 heavy (non-hydrogen) atoms. The highest BCUT2D eigenvalue weighted by Gasteiger charge is 2.36. The number of barbiturate groups is 1. The number of benzene rings is 2. The highest BCUT2D eigenvalue weighted by atomic mass is 79.9. The van der Waals surface area contributed by atoms with Crippen LogP contribution in [0.3, 0.4) is 0 Å². The van der Waals surface area contributed by atoms with Crippen LogP contribution in [0.2, 0.25) is 0 Å². The molecular weight excluding hydrogens is 388 g/mol. The molecule has 1 fully saturated rings. The van der Waals surface area contributed by atoms with E-state index in [1.807, 2.05) is 6.92 Å². The third kappa shape index (κ3) is 3.32. The van der Waals surface area contributed by atoms with Gasteiger partial charge in [0.1, 0.15) is 11.3 Å². The van der Waals surface area contributed by atoms with E-state index in [0.29, 0.717) is 11.3 Å². The van der Waals surface area contributed by atoms with E-state index in [1.54, 1.807) is 30.3 Å². The maximum Gasteiger partial charge on any atom is 0.335 e. The van der Waals surface area contributed by atoms with Crippen molar-refractivity contribution in [3.8, 4) is 5.75 Å². The molecule has 3 rings (SSSR count). The van der Waals surface area contributed by atoms with Gasteiger partial charge >= 0.3 is 6.03 Å². The van der Waals surface area contributed by atoms with Crippen LogP contribution < -0.4 is 10.2 Å². The van der Waals surface area contributed by atoms with Crippen molar-refractivity contribution in [2.75, 3.05) is 4.90 Å². The van der Waals surface area contributed by atoms with Crippen LogP contribution in [-0.4, -0.2) is 23.0 Å². The van der Waals surface area contributed by atoms with Crippen LogP contribution in [-0.2, 0) is 9.59 Å². The fourth-order valence-corrected chi connectivity index (χ4v) is 2.64. The molecular formula is C18H13BrN2O4. The summed E-state index contributed by atoms with van der Waals surface area (Å²) < 4.78 is 0.844. The molecule has 0 saturated carbocycles. The maximum atomic E-state index is 12.7. The molecule has 2 aromatic carbocycles. The van der Waals surface area contributed by atoms with E-state index >= 15 is 0 Å². The van der Waals surface area contributed by atoms with Gasteiger partial charge in [0.15, 0.2) is 0 Å². The number of carbonyl (C=O) groups excluding carboxylic acids is 3. The number of phenolic OH excluding ortho intramolecular Hbond substituents is 1. The number of urea groups is 1. The van der Waals surface area contributed by atoms with Gasteiger partial charge in [-0.2, -0.15) is 0 Å². The van der Waals surface area contributed by atoms with Gasteiger partial charge in [-0.3, -0.25) is 14.9 Å². The first-order chi connectivity index (χ1) is 11.9. The number of nitrogens with zero attached hydrogens (tertiary/aromatic N) is 1. The summed E-state index contributed by atoms with van der Waals surface area (Å²) in [5.41, 5.74) is 1.61. The molecule has 0 atom stereocenters. The Bertz CT molecular complexity index is 919. The number of hydrogen-bond donors (Lipinski definition) is 2. The SMILES string of the molecule is Cc1cc(N2C(=O)NC(=O)/C(=C\c3ccc(O)cc3)C2=O)ccc1Br. The third-order valence-electron chi connectivity index (χ3n) is 3.71. The van der Waals surface area contributed by atoms with Gasteiger partial charge in [0.05, 0.1) is 5.69 Å². The minimum atomic E-state index is -0.792. The summed E-state index contributed by atoms with van der Waals surface area (Å²) >= 11 is 3.37. The monoisotopic (exact) mass is 400 g/mol. The topological polar surface area (TPSA) is 86.7 Å². The molecule has 1 aliphatic heterocycles. The number of aryl methyl sites for hydroxylation is 1. The summed E-state index contributed by atoms with van der Waals surface area (Å²) in [7, 11) is 0. The molecule has 0 aromatic heterocycles. The zero-order valence-electron chi connectivity index (χ0n) is 13.1. The molecule has 0 radical (unpaired) electrons. The summed E-state index contributed by atoms with van der Waals surface area (Å²) in [6.45, 7) is 1.83. The van der Waals surface area contributed by atoms with Gasteiger partial charge in [-0.15, -0.1) is 0 Å². The van der Waals surface area contributed by atoms with Gasteiger partial charge in [0.2, 0.25) is 0 Å². The standard InChI is InChI=1S/C18H13BrN2O4/c1-10-8-12(4-7-15(10)19)21-17(24)14(16(23)20-18(21)25)9-11-2-5-13(22)6-3-11/h2-9,22H,1H3,(H,20,23,25)/b14-9+. The summed E-state index contributed by atoms with van der Waals surface area (Å²) in [6.07, 6.45) is 1.38. The third-order valence-corrected chi connectivity index (χ3v) is 4.60. The number of phenols is 1. The molecule has 0 bridgehead atoms. The van der Waals surface area contributed by atoms with E-state index in [4.69, 9.17) is 0 Å². The minimum absolute atomic E-state index is 0.0729. The van der Waals surface area contributed by atoms with Crippen LogP contribution in [0.4, 0.5) is 10.5 Å². The first kappa shape index (κ1) is 16.9. The Morgan fingerprint density at radius 3 is 2.40 bits per heavy atom. The van der Waals surface area contributed by atoms with Crippen molar-refractivity contribution in [2.45, 2.75) is 6.92 Å². The van der Waals surface area contributed by atoms with Crippen molar-refractivity contribution in [3.63, 3.8) is 0 Å². The average Bonchev–Trinajstić information content (AvgIpc) is 2.56. The van der Waals surface area contributed by atoms with Crippen molar-refractivity contribution in [3.05, 3.63) is 63.6 Å². The van der Waals surface area contributed by atoms with E-state index in [2.05, 4.69) is 21.2 Å². The fraction of sp³-hybridized carbons (Fsp3) is 0.0556. The quantitative estimate of drug-likeness (QED) is 0.598. The van der Waals surface area contributed by atoms with Crippen LogP contribution in [0.5, 0.6) is 5.75 Å². The molecule has 0 unspecified atom stereocenters. The lowest BCUT2D eigenvalue weighted by Crippen LogP contribution is -2.54. The molecule has 2 N–H and O–H groups in total. The van der Waals surface area contributed by atoms with Crippen molar-refractivity contribution in [1.82, 2.24) is 5.32 Å². The Labute approximate surface area is 151 Å². The number of rotatable bonds is 2. The molecule has 0 aliphatic carbocycles. The van der Waals surface area contributed by atoms with Crippen LogP contribution in [0.1, 0.15) is 11.1 Å². The van der Waals surface area contributed by atoms with Gasteiger partial charge < -0.3 is 5.11 Å². The number of aromatic hydroxyl groups is 1. The van der Waals surface area contributed by atoms with Crippen molar-refractivity contribution >= 4 is 45.5 Å². The van der Waals surface area contributed by atoms with Crippen LogP contribution in [0.15, 0.2) is 52.5 Å². The van der Waals surface area contributed by atoms with Gasteiger partial charge in [-0.05, 0) is 54.5 Å². The highest BCUT2D eigenvalue weighted by Crippen LogP contribution is 2.26. The van der Waals surface area contributed by atoms with E-state index < -0.39 is 17.8 Å². The van der Waals surface area contributed by atoms with Gasteiger partial charge in [0.25, 0.3) is 11.8 Å². The van der Waals surface area contributed by atoms with Crippen molar-refractivity contribution in [2.24, 2.45) is 0 Å². The molecule has 1 saturated heterocycles. The molecule has 4 amide bonds. The minimum Gasteiger partial charge on any atom is -0.508 e. The maximum absolute atomic E-state index is 12.7. The molecule has 1 aliphatic rings. The number of anilines is 1. The normalized spacial score (nSPS) is 16.3. The summed E-state index contributed by atoms with van der Waals surface area (Å²) in [6, 6.07) is 10.2. The number of amides is 4. The van der Waals surface area contributed by atoms with Crippen LogP contribution in [0, 0.1) is 6.92 Å². The van der Waals surface area contributed by atoms with Crippen molar-refractivity contribution in [1.29, 1.82) is 0 Å². The Morgan fingerprint density at radius 2 is 1.76 bits per heavy atom. The first-order valence-electron chi connectivity index (χ1n) is 7.33. The van der Waals surface area contributed by atoms with Gasteiger partial charge in [-0.1, -0.05) is 28.1 Å². The summed E-state index contributed by atoms with van der Waals surface area (Å²) in [4.78, 5) is 37.9. The second kappa shape index (κ2) is 6.52. The van der Waals surface area contributed by atoms with E-state index in [0.717, 1.165) is 14.9 Å². The van der Waals surface area contributed by atoms with E-state index in [-0.39, 0.29) is 11.3 Å². The lowest BCUT2D eigenvalue weighted by Gasteiger charge is -2.26. The Hall–Kier alpha value is -2.93. The summed E-state index contributed by atoms with van der Waals surface area (Å²) in [5, 5.41) is 11.5. The Morgan fingerprint density at radius 1 is 1.08 bits per heavy atom. The number of nitrogens with one attached hydrogen (secondary N) is 1.